The van der Waals surface area contributed by atoms with Crippen LogP contribution in [0.25, 0.3) is 0 Å². The number of carbonyl (C=O) groups is 2. The van der Waals surface area contributed by atoms with Crippen molar-refractivity contribution in [3.63, 3.8) is 0 Å². The Morgan fingerprint density at radius 2 is 2.16 bits per heavy atom. The molecule has 1 aromatic rings. The van der Waals surface area contributed by atoms with E-state index in [9.17, 15) is 9.59 Å². The van der Waals surface area contributed by atoms with E-state index in [1.165, 1.54) is 4.90 Å². The molecule has 0 saturated carbocycles. The molecular formula is C19H23N3O2S. The molecule has 2 rings (SSSR count). The van der Waals surface area contributed by atoms with Gasteiger partial charge in [0.15, 0.2) is 0 Å². The molecule has 1 unspecified atom stereocenters. The van der Waals surface area contributed by atoms with Gasteiger partial charge < -0.3 is 10.2 Å². The Balaban J connectivity index is 2.05. The van der Waals surface area contributed by atoms with Crippen molar-refractivity contribution in [2.45, 2.75) is 31.2 Å². The molecule has 2 atom stereocenters. The molecule has 25 heavy (non-hydrogen) atoms. The van der Waals surface area contributed by atoms with Crippen LogP contribution in [0.5, 0.6) is 0 Å². The largest absolute Gasteiger partial charge is 0.339 e. The molecule has 1 fully saturated rings. The minimum absolute atomic E-state index is 0.171. The van der Waals surface area contributed by atoms with Gasteiger partial charge in [-0.15, -0.1) is 12.6 Å². The van der Waals surface area contributed by atoms with Crippen LogP contribution in [0.4, 0.5) is 0 Å². The van der Waals surface area contributed by atoms with E-state index in [1.54, 1.807) is 12.3 Å². The summed E-state index contributed by atoms with van der Waals surface area (Å²) in [6.07, 6.45) is 7.53. The zero-order valence-corrected chi connectivity index (χ0v) is 15.2. The number of nitrogens with one attached hydrogen (secondary N) is 1. The van der Waals surface area contributed by atoms with Crippen molar-refractivity contribution in [2.24, 2.45) is 4.99 Å². The Morgan fingerprint density at radius 1 is 1.44 bits per heavy atom. The van der Waals surface area contributed by atoms with Crippen molar-refractivity contribution >= 4 is 30.7 Å². The van der Waals surface area contributed by atoms with Gasteiger partial charge in [0.25, 0.3) is 0 Å². The fourth-order valence-corrected chi connectivity index (χ4v) is 3.05. The SMILES string of the molecule is C=CC(=N/C=C\C)c1ccc(C(S)NC(=O)[C@@H]2CCCN2C=O)cc1. The molecule has 1 N–H and O–H groups in total. The first kappa shape index (κ1) is 19.0. The molecule has 0 aromatic heterocycles. The summed E-state index contributed by atoms with van der Waals surface area (Å²) >= 11 is 4.48. The molecule has 1 aromatic carbocycles. The molecule has 0 bridgehead atoms. The monoisotopic (exact) mass is 357 g/mol. The highest BCUT2D eigenvalue weighted by Gasteiger charge is 2.30. The normalized spacial score (nSPS) is 19.0. The summed E-state index contributed by atoms with van der Waals surface area (Å²) in [5.74, 6) is -0.171. The van der Waals surface area contributed by atoms with E-state index in [1.807, 2.05) is 37.3 Å². The molecule has 0 radical (unpaired) electrons. The van der Waals surface area contributed by atoms with Crippen LogP contribution in [0.1, 0.15) is 36.3 Å². The number of carbonyl (C=O) groups excluding carboxylic acids is 2. The summed E-state index contributed by atoms with van der Waals surface area (Å²) in [6, 6.07) is 7.23. The zero-order valence-electron chi connectivity index (χ0n) is 14.3. The van der Waals surface area contributed by atoms with Crippen LogP contribution in [-0.4, -0.2) is 35.5 Å². The van der Waals surface area contributed by atoms with Crippen LogP contribution in [0, 0.1) is 0 Å². The van der Waals surface area contributed by atoms with Gasteiger partial charge in [-0.1, -0.05) is 36.9 Å². The molecule has 1 heterocycles. The number of allylic oxidation sites excluding steroid dienone is 2. The van der Waals surface area contributed by atoms with E-state index in [0.29, 0.717) is 13.0 Å². The lowest BCUT2D eigenvalue weighted by molar-refractivity contribution is -0.131. The smallest absolute Gasteiger partial charge is 0.243 e. The first-order valence-electron chi connectivity index (χ1n) is 8.22. The molecule has 5 nitrogen and oxygen atoms in total. The van der Waals surface area contributed by atoms with Crippen molar-refractivity contribution < 1.29 is 9.59 Å². The number of thiol groups is 1. The minimum atomic E-state index is -0.435. The fourth-order valence-electron chi connectivity index (χ4n) is 2.75. The molecule has 0 aliphatic carbocycles. The van der Waals surface area contributed by atoms with Crippen molar-refractivity contribution in [1.82, 2.24) is 10.2 Å². The quantitative estimate of drug-likeness (QED) is 0.341. The van der Waals surface area contributed by atoms with Crippen LogP contribution in [0.2, 0.25) is 0 Å². The number of hydrogen-bond donors (Lipinski definition) is 2. The maximum absolute atomic E-state index is 12.3. The highest BCUT2D eigenvalue weighted by atomic mass is 32.1. The highest BCUT2D eigenvalue weighted by molar-refractivity contribution is 7.80. The van der Waals surface area contributed by atoms with Gasteiger partial charge >= 0.3 is 0 Å². The van der Waals surface area contributed by atoms with Gasteiger partial charge in [-0.3, -0.25) is 14.6 Å². The fraction of sp³-hybridized carbons (Fsp3) is 0.316. The Labute approximate surface area is 153 Å². The van der Waals surface area contributed by atoms with E-state index >= 15 is 0 Å². The summed E-state index contributed by atoms with van der Waals surface area (Å²) in [7, 11) is 0. The van der Waals surface area contributed by atoms with E-state index in [0.717, 1.165) is 29.7 Å². The van der Waals surface area contributed by atoms with Crippen molar-refractivity contribution in [3.05, 3.63) is 60.3 Å². The Kier molecular flexibility index (Phi) is 7.01. The summed E-state index contributed by atoms with van der Waals surface area (Å²) in [6.45, 7) is 6.31. The maximum atomic E-state index is 12.3. The van der Waals surface area contributed by atoms with Gasteiger partial charge in [0, 0.05) is 18.3 Å². The summed E-state index contributed by atoms with van der Waals surface area (Å²) < 4.78 is 0. The Hall–Kier alpha value is -2.34. The minimum Gasteiger partial charge on any atom is -0.339 e. The molecule has 1 aliphatic rings. The number of amides is 2. The Bertz CT molecular complexity index is 682. The van der Waals surface area contributed by atoms with Gasteiger partial charge in [-0.05, 0) is 31.4 Å². The third-order valence-electron chi connectivity index (χ3n) is 4.09. The summed E-state index contributed by atoms with van der Waals surface area (Å²) in [5, 5.41) is 2.43. The molecular weight excluding hydrogens is 334 g/mol. The van der Waals surface area contributed by atoms with Gasteiger partial charge in [0.1, 0.15) is 6.04 Å². The topological polar surface area (TPSA) is 61.8 Å². The first-order chi connectivity index (χ1) is 12.1. The molecule has 132 valence electrons. The summed E-state index contributed by atoms with van der Waals surface area (Å²) in [5.41, 5.74) is 2.58. The van der Waals surface area contributed by atoms with E-state index in [4.69, 9.17) is 0 Å². The Morgan fingerprint density at radius 3 is 2.76 bits per heavy atom. The van der Waals surface area contributed by atoms with Crippen LogP contribution < -0.4 is 5.32 Å². The second-order valence-electron chi connectivity index (χ2n) is 5.74. The molecule has 1 aliphatic heterocycles. The van der Waals surface area contributed by atoms with Crippen LogP contribution in [-0.2, 0) is 9.59 Å². The average molecular weight is 357 g/mol. The van der Waals surface area contributed by atoms with Gasteiger partial charge in [0.05, 0.1) is 11.1 Å². The van der Waals surface area contributed by atoms with Crippen molar-refractivity contribution in [1.29, 1.82) is 0 Å². The molecule has 2 amide bonds. The first-order valence-corrected chi connectivity index (χ1v) is 8.73. The highest BCUT2D eigenvalue weighted by Crippen LogP contribution is 2.21. The number of benzene rings is 1. The predicted molar refractivity (Wildman–Crippen MR) is 104 cm³/mol. The summed E-state index contributed by atoms with van der Waals surface area (Å²) in [4.78, 5) is 29.2. The lowest BCUT2D eigenvalue weighted by Gasteiger charge is -2.22. The third kappa shape index (κ3) is 4.82. The third-order valence-corrected chi connectivity index (χ3v) is 4.52. The molecule has 0 spiro atoms. The number of nitrogens with zero attached hydrogens (tertiary/aromatic N) is 2. The van der Waals surface area contributed by atoms with Crippen molar-refractivity contribution in [3.8, 4) is 0 Å². The molecule has 6 heteroatoms. The zero-order chi connectivity index (χ0) is 18.2. The lowest BCUT2D eigenvalue weighted by atomic mass is 10.1. The second-order valence-corrected chi connectivity index (χ2v) is 6.25. The number of aliphatic imine (C=N–C) groups is 1. The van der Waals surface area contributed by atoms with Crippen LogP contribution >= 0.6 is 12.6 Å². The van der Waals surface area contributed by atoms with Gasteiger partial charge in [0.2, 0.25) is 12.3 Å². The number of hydrogen-bond acceptors (Lipinski definition) is 4. The number of likely N-dealkylation sites (tertiary alicyclic amines) is 1. The van der Waals surface area contributed by atoms with E-state index in [-0.39, 0.29) is 5.91 Å². The predicted octanol–water partition coefficient (Wildman–Crippen LogP) is 2.86. The average Bonchev–Trinajstić information content (AvgIpc) is 3.11. The lowest BCUT2D eigenvalue weighted by Crippen LogP contribution is -2.43. The number of rotatable bonds is 7. The standard InChI is InChI=1S/C19H23N3O2S/c1-3-11-20-16(4-2)14-7-9-15(10-8-14)19(25)21-18(24)17-6-5-12-22(17)13-23/h3-4,7-11,13,17,19,25H,2,5-6,12H2,1H3,(H,21,24)/b11-3-,20-16?/t17-,19?/m0/s1. The van der Waals surface area contributed by atoms with Gasteiger partial charge in [-0.2, -0.15) is 0 Å². The maximum Gasteiger partial charge on any atom is 0.243 e. The second kappa shape index (κ2) is 9.22. The van der Waals surface area contributed by atoms with Crippen molar-refractivity contribution in [2.75, 3.05) is 6.54 Å². The van der Waals surface area contributed by atoms with Crippen LogP contribution in [0.15, 0.2) is 54.2 Å². The van der Waals surface area contributed by atoms with Gasteiger partial charge in [-0.25, -0.2) is 0 Å². The van der Waals surface area contributed by atoms with E-state index in [2.05, 4.69) is 29.5 Å². The van der Waals surface area contributed by atoms with Crippen LogP contribution in [0.3, 0.4) is 0 Å². The van der Waals surface area contributed by atoms with E-state index < -0.39 is 11.4 Å². The molecule has 1 saturated heterocycles.